The molecule has 0 aromatic heterocycles. The summed E-state index contributed by atoms with van der Waals surface area (Å²) in [5.74, 6) is 0.909. The largest absolute Gasteiger partial charge is 0.332 e. The average Bonchev–Trinajstić information content (AvgIpc) is 3.11. The number of ketones is 1. The number of fused-ring (bicyclic) bond motifs is 1. The molecule has 3 N–H and O–H groups in total. The number of hydrogen-bond donors (Lipinski definition) is 3. The Morgan fingerprint density at radius 1 is 1.28 bits per heavy atom. The van der Waals surface area contributed by atoms with Gasteiger partial charge >= 0.3 is 6.03 Å². The number of hydrogen-bond acceptors (Lipinski definition) is 4. The van der Waals surface area contributed by atoms with Crippen molar-refractivity contribution in [3.8, 4) is 0 Å². The van der Waals surface area contributed by atoms with Crippen LogP contribution in [0.1, 0.15) is 43.0 Å². The first-order chi connectivity index (χ1) is 12.0. The van der Waals surface area contributed by atoms with Crippen LogP contribution in [0.15, 0.2) is 24.3 Å². The van der Waals surface area contributed by atoms with Gasteiger partial charge in [0.15, 0.2) is 5.78 Å². The Kier molecular flexibility index (Phi) is 5.63. The number of Topliss-reactive ketones (excluding diaryl/α,β-unsaturated/α-hetero) is 1. The van der Waals surface area contributed by atoms with Gasteiger partial charge in [-0.05, 0) is 31.9 Å². The summed E-state index contributed by atoms with van der Waals surface area (Å²) in [6, 6.07) is 7.40. The van der Waals surface area contributed by atoms with Gasteiger partial charge in [-0.15, -0.1) is 0 Å². The van der Waals surface area contributed by atoms with Gasteiger partial charge in [0.1, 0.15) is 0 Å². The summed E-state index contributed by atoms with van der Waals surface area (Å²) < 4.78 is 0. The second-order valence-electron chi connectivity index (χ2n) is 6.55. The van der Waals surface area contributed by atoms with Crippen LogP contribution in [0.25, 0.3) is 0 Å². The van der Waals surface area contributed by atoms with Crippen molar-refractivity contribution in [2.24, 2.45) is 0 Å². The van der Waals surface area contributed by atoms with E-state index < -0.39 is 0 Å². The van der Waals surface area contributed by atoms with Crippen LogP contribution >= 0.6 is 11.8 Å². The molecular weight excluding hydrogens is 338 g/mol. The van der Waals surface area contributed by atoms with Crippen molar-refractivity contribution in [2.75, 3.05) is 11.1 Å². The number of thioether (sulfide) groups is 1. The second kappa shape index (κ2) is 7.91. The van der Waals surface area contributed by atoms with E-state index in [1.54, 1.807) is 24.3 Å². The van der Waals surface area contributed by atoms with Crippen molar-refractivity contribution in [3.63, 3.8) is 0 Å². The lowest BCUT2D eigenvalue weighted by molar-refractivity contribution is -0.116. The Hall–Kier alpha value is -2.02. The molecule has 2 aliphatic heterocycles. The van der Waals surface area contributed by atoms with Crippen molar-refractivity contribution in [2.45, 2.75) is 49.9 Å². The Balaban J connectivity index is 1.38. The maximum Gasteiger partial charge on any atom is 0.315 e. The van der Waals surface area contributed by atoms with Crippen LogP contribution < -0.4 is 16.0 Å². The standard InChI is InChI=1S/C18H23N3O3S/c1-11(22)12-5-4-6-13(9-12)19-16(23)8-3-2-7-15-17-14(10-25-15)20-18(24)21-17/h4-6,9,14-15,17H,2-3,7-8,10H2,1H3,(H,19,23)(H2,20,21,24)/t14-,15+,17-/m1/s1. The van der Waals surface area contributed by atoms with E-state index in [1.165, 1.54) is 6.92 Å². The van der Waals surface area contributed by atoms with E-state index in [0.717, 1.165) is 25.0 Å². The highest BCUT2D eigenvalue weighted by molar-refractivity contribution is 8.00. The minimum absolute atomic E-state index is 0.0167. The topological polar surface area (TPSA) is 87.3 Å². The van der Waals surface area contributed by atoms with Gasteiger partial charge < -0.3 is 16.0 Å². The van der Waals surface area contributed by atoms with E-state index in [-0.39, 0.29) is 29.8 Å². The fourth-order valence-electron chi connectivity index (χ4n) is 3.31. The Morgan fingerprint density at radius 2 is 2.12 bits per heavy atom. The van der Waals surface area contributed by atoms with Crippen LogP contribution in [0.4, 0.5) is 10.5 Å². The zero-order valence-electron chi connectivity index (χ0n) is 14.2. The Bertz CT molecular complexity index is 679. The summed E-state index contributed by atoms with van der Waals surface area (Å²) in [7, 11) is 0. The molecule has 0 unspecified atom stereocenters. The maximum atomic E-state index is 12.0. The molecule has 25 heavy (non-hydrogen) atoms. The maximum absolute atomic E-state index is 12.0. The molecule has 6 nitrogen and oxygen atoms in total. The summed E-state index contributed by atoms with van der Waals surface area (Å²) in [4.78, 5) is 34.8. The van der Waals surface area contributed by atoms with E-state index in [4.69, 9.17) is 0 Å². The molecule has 0 radical (unpaired) electrons. The van der Waals surface area contributed by atoms with Crippen LogP contribution in [0, 0.1) is 0 Å². The lowest BCUT2D eigenvalue weighted by atomic mass is 10.0. The number of benzene rings is 1. The summed E-state index contributed by atoms with van der Waals surface area (Å²) in [5.41, 5.74) is 1.25. The van der Waals surface area contributed by atoms with Crippen LogP contribution in [0.5, 0.6) is 0 Å². The molecule has 3 rings (SSSR count). The van der Waals surface area contributed by atoms with E-state index in [1.807, 2.05) is 11.8 Å². The van der Waals surface area contributed by atoms with Gasteiger partial charge in [0.2, 0.25) is 5.91 Å². The van der Waals surface area contributed by atoms with E-state index >= 15 is 0 Å². The second-order valence-corrected chi connectivity index (χ2v) is 7.82. The van der Waals surface area contributed by atoms with Crippen LogP contribution in [0.2, 0.25) is 0 Å². The lowest BCUT2D eigenvalue weighted by Gasteiger charge is -2.16. The highest BCUT2D eigenvalue weighted by Gasteiger charge is 2.42. The molecule has 1 aromatic carbocycles. The molecule has 0 spiro atoms. The minimum Gasteiger partial charge on any atom is -0.332 e. The van der Waals surface area contributed by atoms with Crippen molar-refractivity contribution in [1.29, 1.82) is 0 Å². The average molecular weight is 361 g/mol. The minimum atomic E-state index is -0.0625. The summed E-state index contributed by atoms with van der Waals surface area (Å²) in [6.07, 6.45) is 3.23. The first kappa shape index (κ1) is 17.8. The third-order valence-corrected chi connectivity index (χ3v) is 6.14. The molecule has 7 heteroatoms. The molecule has 2 aliphatic rings. The van der Waals surface area contributed by atoms with E-state index in [9.17, 15) is 14.4 Å². The zero-order chi connectivity index (χ0) is 17.8. The molecule has 2 fully saturated rings. The van der Waals surface area contributed by atoms with Crippen molar-refractivity contribution < 1.29 is 14.4 Å². The highest BCUT2D eigenvalue weighted by atomic mass is 32.2. The number of anilines is 1. The molecular formula is C18H23N3O3S. The zero-order valence-corrected chi connectivity index (χ0v) is 15.0. The van der Waals surface area contributed by atoms with Crippen molar-refractivity contribution in [3.05, 3.63) is 29.8 Å². The fraction of sp³-hybridized carbons (Fsp3) is 0.500. The Labute approximate surface area is 151 Å². The summed E-state index contributed by atoms with van der Waals surface area (Å²) >= 11 is 1.89. The van der Waals surface area contributed by atoms with E-state index in [0.29, 0.717) is 22.9 Å². The molecule has 0 saturated carbocycles. The first-order valence-corrected chi connectivity index (χ1v) is 9.67. The third-order valence-electron chi connectivity index (χ3n) is 4.63. The molecule has 0 aliphatic carbocycles. The fourth-order valence-corrected chi connectivity index (χ4v) is 4.86. The van der Waals surface area contributed by atoms with Gasteiger partial charge in [-0.1, -0.05) is 18.6 Å². The molecule has 1 aromatic rings. The number of nitrogens with one attached hydrogen (secondary N) is 3. The van der Waals surface area contributed by atoms with Gasteiger partial charge in [0, 0.05) is 28.7 Å². The van der Waals surface area contributed by atoms with Gasteiger partial charge in [0.05, 0.1) is 12.1 Å². The van der Waals surface area contributed by atoms with E-state index in [2.05, 4.69) is 16.0 Å². The predicted molar refractivity (Wildman–Crippen MR) is 99.0 cm³/mol. The number of carbonyl (C=O) groups excluding carboxylic acids is 3. The molecule has 2 saturated heterocycles. The number of rotatable bonds is 7. The lowest BCUT2D eigenvalue weighted by Crippen LogP contribution is -2.36. The summed E-state index contributed by atoms with van der Waals surface area (Å²) in [5, 5.41) is 9.20. The number of carbonyl (C=O) groups is 3. The summed E-state index contributed by atoms with van der Waals surface area (Å²) in [6.45, 7) is 1.51. The van der Waals surface area contributed by atoms with Crippen molar-refractivity contribution in [1.82, 2.24) is 10.6 Å². The highest BCUT2D eigenvalue weighted by Crippen LogP contribution is 2.33. The Morgan fingerprint density at radius 3 is 2.92 bits per heavy atom. The monoisotopic (exact) mass is 361 g/mol. The smallest absolute Gasteiger partial charge is 0.315 e. The van der Waals surface area contributed by atoms with Crippen molar-refractivity contribution >= 4 is 35.2 Å². The number of unbranched alkanes of at least 4 members (excludes halogenated alkanes) is 1. The van der Waals surface area contributed by atoms with Crippen LogP contribution in [-0.2, 0) is 4.79 Å². The van der Waals surface area contributed by atoms with Gasteiger partial charge in [0.25, 0.3) is 0 Å². The quantitative estimate of drug-likeness (QED) is 0.396. The molecule has 134 valence electrons. The molecule has 0 bridgehead atoms. The van der Waals surface area contributed by atoms with Crippen LogP contribution in [-0.4, -0.2) is 40.8 Å². The molecule has 3 amide bonds. The predicted octanol–water partition coefficient (Wildman–Crippen LogP) is 2.55. The van der Waals surface area contributed by atoms with Gasteiger partial charge in [-0.3, -0.25) is 9.59 Å². The van der Waals surface area contributed by atoms with Gasteiger partial charge in [-0.2, -0.15) is 11.8 Å². The number of urea groups is 1. The van der Waals surface area contributed by atoms with Crippen LogP contribution in [0.3, 0.4) is 0 Å². The first-order valence-electron chi connectivity index (χ1n) is 8.62. The third kappa shape index (κ3) is 4.54. The SMILES string of the molecule is CC(=O)c1cccc(NC(=O)CCCC[C@@H]2SC[C@H]3NC(=O)N[C@@H]23)c1. The molecule has 3 atom stereocenters. The molecule has 2 heterocycles. The normalized spacial score (nSPS) is 24.4. The number of amides is 3. The van der Waals surface area contributed by atoms with Gasteiger partial charge in [-0.25, -0.2) is 4.79 Å².